The smallest absolute Gasteiger partial charge is 0.356 e. The number of nitrogens with one attached hydrogen (secondary N) is 1. The van der Waals surface area contributed by atoms with Gasteiger partial charge in [-0.25, -0.2) is 9.78 Å². The van der Waals surface area contributed by atoms with Gasteiger partial charge in [0.05, 0.1) is 7.11 Å². The van der Waals surface area contributed by atoms with E-state index in [9.17, 15) is 4.79 Å². The lowest BCUT2D eigenvalue weighted by Crippen LogP contribution is -2.06. The van der Waals surface area contributed by atoms with Crippen LogP contribution in [0.1, 0.15) is 21.6 Å². The highest BCUT2D eigenvalue weighted by atomic mass is 32.1. The van der Waals surface area contributed by atoms with Crippen molar-refractivity contribution >= 4 is 23.0 Å². The Morgan fingerprint density at radius 2 is 2.33 bits per heavy atom. The summed E-state index contributed by atoms with van der Waals surface area (Å²) in [5, 5.41) is 7.50. The number of carbonyl (C=O) groups excluding carboxylic acids is 1. The van der Waals surface area contributed by atoms with Gasteiger partial charge in [0.15, 0.2) is 0 Å². The Bertz CT molecular complexity index is 551. The minimum atomic E-state index is -0.426. The lowest BCUT2D eigenvalue weighted by Gasteiger charge is -2.07. The van der Waals surface area contributed by atoms with E-state index in [-0.39, 0.29) is 0 Å². The zero-order valence-corrected chi connectivity index (χ0v) is 11.1. The summed E-state index contributed by atoms with van der Waals surface area (Å²) in [6.45, 7) is 2.82. The molecule has 0 atom stereocenters. The first-order valence-corrected chi connectivity index (χ1v) is 6.45. The lowest BCUT2D eigenvalue weighted by molar-refractivity contribution is 0.0594. The summed E-state index contributed by atoms with van der Waals surface area (Å²) in [7, 11) is 1.35. The Morgan fingerprint density at radius 3 is 3.00 bits per heavy atom. The molecule has 2 heterocycles. The number of aryl methyl sites for hydroxylation is 1. The number of pyridine rings is 1. The maximum atomic E-state index is 11.3. The van der Waals surface area contributed by atoms with Crippen LogP contribution in [-0.4, -0.2) is 18.1 Å². The van der Waals surface area contributed by atoms with Crippen molar-refractivity contribution in [3.63, 3.8) is 0 Å². The monoisotopic (exact) mass is 262 g/mol. The molecule has 1 N–H and O–H groups in total. The van der Waals surface area contributed by atoms with Crippen LogP contribution in [0.2, 0.25) is 0 Å². The summed E-state index contributed by atoms with van der Waals surface area (Å²) in [4.78, 5) is 15.3. The first kappa shape index (κ1) is 12.6. The number of aromatic nitrogens is 1. The topological polar surface area (TPSA) is 51.2 Å². The molecule has 2 rings (SSSR count). The van der Waals surface area contributed by atoms with Crippen LogP contribution < -0.4 is 5.32 Å². The molecule has 0 spiro atoms. The fourth-order valence-electron chi connectivity index (χ4n) is 1.52. The van der Waals surface area contributed by atoms with Gasteiger partial charge in [0.25, 0.3) is 0 Å². The van der Waals surface area contributed by atoms with E-state index >= 15 is 0 Å². The molecule has 0 aliphatic rings. The first-order valence-electron chi connectivity index (χ1n) is 5.50. The van der Waals surface area contributed by atoms with E-state index in [1.54, 1.807) is 23.6 Å². The third-order valence-corrected chi connectivity index (χ3v) is 3.51. The number of anilines is 1. The first-order chi connectivity index (χ1) is 8.70. The molecule has 0 fully saturated rings. The van der Waals surface area contributed by atoms with Gasteiger partial charge in [-0.15, -0.1) is 0 Å². The summed E-state index contributed by atoms with van der Waals surface area (Å²) in [6.07, 6.45) is 1.59. The van der Waals surface area contributed by atoms with Crippen LogP contribution in [0.5, 0.6) is 0 Å². The van der Waals surface area contributed by atoms with Crippen LogP contribution in [0.25, 0.3) is 0 Å². The molecule has 0 aliphatic heterocycles. The molecular weight excluding hydrogens is 248 g/mol. The van der Waals surface area contributed by atoms with E-state index in [1.165, 1.54) is 18.2 Å². The molecule has 0 aromatic carbocycles. The molecule has 0 saturated carbocycles. The third kappa shape index (κ3) is 2.87. The Hall–Kier alpha value is -1.88. The summed E-state index contributed by atoms with van der Waals surface area (Å²) in [5.74, 6) is -0.426. The zero-order valence-electron chi connectivity index (χ0n) is 10.3. The molecule has 0 radical (unpaired) electrons. The van der Waals surface area contributed by atoms with Gasteiger partial charge in [-0.1, -0.05) is 0 Å². The Morgan fingerprint density at radius 1 is 1.50 bits per heavy atom. The van der Waals surface area contributed by atoms with E-state index in [1.807, 2.05) is 6.07 Å². The standard InChI is InChI=1S/C13H14N2O2S/c1-9-7-18-8-10(9)6-15-11-3-4-14-12(5-11)13(16)17-2/h3-5,7-8H,6H2,1-2H3,(H,14,15). The lowest BCUT2D eigenvalue weighted by atomic mass is 10.2. The number of rotatable bonds is 4. The van der Waals surface area contributed by atoms with Crippen LogP contribution in [0.15, 0.2) is 29.1 Å². The zero-order chi connectivity index (χ0) is 13.0. The fourth-order valence-corrected chi connectivity index (χ4v) is 2.38. The van der Waals surface area contributed by atoms with Crippen molar-refractivity contribution in [2.75, 3.05) is 12.4 Å². The van der Waals surface area contributed by atoms with Crippen LogP contribution in [0, 0.1) is 6.92 Å². The van der Waals surface area contributed by atoms with Gasteiger partial charge in [0, 0.05) is 18.4 Å². The number of ether oxygens (including phenoxy) is 1. The molecule has 2 aromatic rings. The quantitative estimate of drug-likeness (QED) is 0.861. The molecule has 2 aromatic heterocycles. The fraction of sp³-hybridized carbons (Fsp3) is 0.231. The summed E-state index contributed by atoms with van der Waals surface area (Å²) in [5.41, 5.74) is 3.70. The predicted octanol–water partition coefficient (Wildman–Crippen LogP) is 2.85. The molecule has 0 saturated heterocycles. The van der Waals surface area contributed by atoms with E-state index in [0.717, 1.165) is 12.2 Å². The molecular formula is C13H14N2O2S. The van der Waals surface area contributed by atoms with Gasteiger partial charge in [-0.3, -0.25) is 0 Å². The van der Waals surface area contributed by atoms with Crippen molar-refractivity contribution in [3.05, 3.63) is 45.9 Å². The normalized spacial score (nSPS) is 10.1. The second-order valence-corrected chi connectivity index (χ2v) is 4.60. The van der Waals surface area contributed by atoms with Crippen LogP contribution in [0.4, 0.5) is 5.69 Å². The SMILES string of the molecule is COC(=O)c1cc(NCc2cscc2C)ccn1. The largest absolute Gasteiger partial charge is 0.464 e. The van der Waals surface area contributed by atoms with E-state index in [2.05, 4.69) is 32.7 Å². The molecule has 0 amide bonds. The molecule has 0 bridgehead atoms. The molecule has 94 valence electrons. The van der Waals surface area contributed by atoms with Crippen LogP contribution in [-0.2, 0) is 11.3 Å². The number of nitrogens with zero attached hydrogens (tertiary/aromatic N) is 1. The molecule has 0 unspecified atom stereocenters. The number of carbonyl (C=O) groups is 1. The minimum Gasteiger partial charge on any atom is -0.464 e. The molecule has 4 nitrogen and oxygen atoms in total. The number of hydrogen-bond acceptors (Lipinski definition) is 5. The molecule has 5 heteroatoms. The van der Waals surface area contributed by atoms with Gasteiger partial charge in [-0.2, -0.15) is 11.3 Å². The summed E-state index contributed by atoms with van der Waals surface area (Å²) < 4.78 is 4.63. The van der Waals surface area contributed by atoms with Gasteiger partial charge in [-0.05, 0) is 40.9 Å². The van der Waals surface area contributed by atoms with Crippen LogP contribution >= 0.6 is 11.3 Å². The summed E-state index contributed by atoms with van der Waals surface area (Å²) >= 11 is 1.69. The second kappa shape index (κ2) is 5.64. The van der Waals surface area contributed by atoms with E-state index in [4.69, 9.17) is 0 Å². The van der Waals surface area contributed by atoms with E-state index < -0.39 is 5.97 Å². The second-order valence-electron chi connectivity index (χ2n) is 3.85. The Labute approximate surface area is 110 Å². The van der Waals surface area contributed by atoms with Crippen molar-refractivity contribution < 1.29 is 9.53 Å². The number of thiophene rings is 1. The average Bonchev–Trinajstić information content (AvgIpc) is 2.81. The minimum absolute atomic E-state index is 0.310. The van der Waals surface area contributed by atoms with E-state index in [0.29, 0.717) is 5.69 Å². The Balaban J connectivity index is 2.06. The molecule has 0 aliphatic carbocycles. The van der Waals surface area contributed by atoms with Crippen molar-refractivity contribution in [2.45, 2.75) is 13.5 Å². The number of hydrogen-bond donors (Lipinski definition) is 1. The average molecular weight is 262 g/mol. The van der Waals surface area contributed by atoms with Crippen molar-refractivity contribution in [2.24, 2.45) is 0 Å². The highest BCUT2D eigenvalue weighted by Crippen LogP contribution is 2.16. The van der Waals surface area contributed by atoms with Gasteiger partial charge in [0.2, 0.25) is 0 Å². The third-order valence-electron chi connectivity index (χ3n) is 2.60. The molecule has 18 heavy (non-hydrogen) atoms. The van der Waals surface area contributed by atoms with Crippen molar-refractivity contribution in [1.29, 1.82) is 0 Å². The van der Waals surface area contributed by atoms with Crippen LogP contribution in [0.3, 0.4) is 0 Å². The van der Waals surface area contributed by atoms with Gasteiger partial charge in [0.1, 0.15) is 5.69 Å². The van der Waals surface area contributed by atoms with Gasteiger partial charge < -0.3 is 10.1 Å². The number of esters is 1. The Kier molecular flexibility index (Phi) is 3.94. The number of methoxy groups -OCH3 is 1. The predicted molar refractivity (Wildman–Crippen MR) is 72.0 cm³/mol. The highest BCUT2D eigenvalue weighted by molar-refractivity contribution is 7.08. The maximum absolute atomic E-state index is 11.3. The summed E-state index contributed by atoms with van der Waals surface area (Å²) in [6, 6.07) is 3.52. The van der Waals surface area contributed by atoms with Crippen molar-refractivity contribution in [1.82, 2.24) is 4.98 Å². The maximum Gasteiger partial charge on any atom is 0.356 e. The highest BCUT2D eigenvalue weighted by Gasteiger charge is 2.07. The van der Waals surface area contributed by atoms with Crippen molar-refractivity contribution in [3.8, 4) is 0 Å². The van der Waals surface area contributed by atoms with Gasteiger partial charge >= 0.3 is 5.97 Å².